The minimum absolute atomic E-state index is 0.544. The molecule has 4 aromatic heterocycles. The van der Waals surface area contributed by atoms with Crippen LogP contribution in [0.1, 0.15) is 0 Å². The number of hydrogen-bond donors (Lipinski definition) is 0. The largest absolute Gasteiger partial charge is 0.456 e. The predicted octanol–water partition coefficient (Wildman–Crippen LogP) is 16.9. The number of fused-ring (bicyclic) bond motifs is 12. The van der Waals surface area contributed by atoms with Gasteiger partial charge in [0.2, 0.25) is 0 Å². The van der Waals surface area contributed by atoms with E-state index in [9.17, 15) is 0 Å². The molecular weight excluding hydrogens is 867 g/mol. The van der Waals surface area contributed by atoms with Gasteiger partial charge in [-0.05, 0) is 112 Å². The normalized spacial score (nSPS) is 11.9. The van der Waals surface area contributed by atoms with Crippen molar-refractivity contribution in [2.45, 2.75) is 0 Å². The zero-order chi connectivity index (χ0) is 46.6. The number of hydrogen-bond acceptors (Lipinski definition) is 4. The lowest BCUT2D eigenvalue weighted by Gasteiger charge is -2.14. The van der Waals surface area contributed by atoms with E-state index in [1.165, 1.54) is 32.3 Å². The maximum atomic E-state index is 6.85. The number of furan rings is 1. The Morgan fingerprint density at radius 1 is 0.282 bits per heavy atom. The minimum atomic E-state index is 0.544. The first kappa shape index (κ1) is 39.4. The summed E-state index contributed by atoms with van der Waals surface area (Å²) in [4.78, 5) is 16.2. The molecule has 6 nitrogen and oxygen atoms in total. The summed E-state index contributed by atoms with van der Waals surface area (Å²) in [5.41, 5.74) is 12.9. The van der Waals surface area contributed by atoms with Gasteiger partial charge in [-0.25, -0.2) is 15.0 Å². The van der Waals surface area contributed by atoms with Crippen LogP contribution in [-0.4, -0.2) is 24.1 Å². The lowest BCUT2D eigenvalue weighted by Crippen LogP contribution is -2.02. The molecular formula is C65H39N5O. The summed E-state index contributed by atoms with van der Waals surface area (Å²) < 4.78 is 11.6. The Hall–Kier alpha value is -9.65. The van der Waals surface area contributed by atoms with Crippen molar-refractivity contribution in [3.05, 3.63) is 237 Å². The van der Waals surface area contributed by atoms with Crippen LogP contribution >= 0.6 is 0 Å². The molecule has 330 valence electrons. The Kier molecular flexibility index (Phi) is 8.56. The van der Waals surface area contributed by atoms with Crippen molar-refractivity contribution >= 4 is 87.1 Å². The van der Waals surface area contributed by atoms with E-state index in [0.29, 0.717) is 17.5 Å². The van der Waals surface area contributed by atoms with Gasteiger partial charge in [-0.3, -0.25) is 0 Å². The van der Waals surface area contributed by atoms with Crippen LogP contribution in [0, 0.1) is 0 Å². The monoisotopic (exact) mass is 905 g/mol. The predicted molar refractivity (Wildman–Crippen MR) is 293 cm³/mol. The summed E-state index contributed by atoms with van der Waals surface area (Å²) in [6, 6.07) is 83.9. The third-order valence-corrected chi connectivity index (χ3v) is 14.3. The van der Waals surface area contributed by atoms with Gasteiger partial charge in [0.05, 0.1) is 33.1 Å². The zero-order valence-electron chi connectivity index (χ0n) is 38.2. The van der Waals surface area contributed by atoms with Crippen molar-refractivity contribution < 1.29 is 4.42 Å². The van der Waals surface area contributed by atoms with Crippen molar-refractivity contribution in [1.82, 2.24) is 24.1 Å². The Morgan fingerprint density at radius 2 is 0.887 bits per heavy atom. The molecule has 71 heavy (non-hydrogen) atoms. The molecule has 0 bridgehead atoms. The summed E-state index contributed by atoms with van der Waals surface area (Å²) in [5.74, 6) is 1.70. The minimum Gasteiger partial charge on any atom is -0.456 e. The molecule has 0 aliphatic heterocycles. The number of benzene rings is 11. The lowest BCUT2D eigenvalue weighted by molar-refractivity contribution is 0.669. The zero-order valence-corrected chi connectivity index (χ0v) is 38.2. The van der Waals surface area contributed by atoms with E-state index in [0.717, 1.165) is 94.0 Å². The average Bonchev–Trinajstić information content (AvgIpc) is 4.10. The van der Waals surface area contributed by atoms with Crippen molar-refractivity contribution in [2.24, 2.45) is 0 Å². The van der Waals surface area contributed by atoms with Crippen LogP contribution < -0.4 is 0 Å². The van der Waals surface area contributed by atoms with Crippen LogP contribution in [0.5, 0.6) is 0 Å². The molecule has 6 heteroatoms. The smallest absolute Gasteiger partial charge is 0.164 e. The lowest BCUT2D eigenvalue weighted by atomic mass is 10.0. The second kappa shape index (κ2) is 15.4. The molecule has 0 amide bonds. The molecule has 4 heterocycles. The second-order valence-corrected chi connectivity index (χ2v) is 18.4. The summed E-state index contributed by atoms with van der Waals surface area (Å²) in [7, 11) is 0. The molecule has 0 unspecified atom stereocenters. The van der Waals surface area contributed by atoms with Crippen molar-refractivity contribution in [3.63, 3.8) is 0 Å². The first-order chi connectivity index (χ1) is 35.2. The van der Waals surface area contributed by atoms with Crippen molar-refractivity contribution in [2.75, 3.05) is 0 Å². The summed E-state index contributed by atoms with van der Waals surface area (Å²) in [6.45, 7) is 0. The Labute approximate surface area is 407 Å². The number of aromatic nitrogens is 5. The van der Waals surface area contributed by atoms with Crippen molar-refractivity contribution in [1.29, 1.82) is 0 Å². The van der Waals surface area contributed by atoms with Crippen LogP contribution in [-0.2, 0) is 0 Å². The third kappa shape index (κ3) is 6.18. The summed E-state index contributed by atoms with van der Waals surface area (Å²) in [5, 5.41) is 11.5. The van der Waals surface area contributed by atoms with Gasteiger partial charge in [0.15, 0.2) is 17.5 Å². The number of para-hydroxylation sites is 3. The highest BCUT2D eigenvalue weighted by atomic mass is 16.3. The topological polar surface area (TPSA) is 61.7 Å². The second-order valence-electron chi connectivity index (χ2n) is 18.4. The molecule has 0 saturated heterocycles. The molecule has 15 rings (SSSR count). The first-order valence-electron chi connectivity index (χ1n) is 24.0. The molecule has 11 aromatic carbocycles. The van der Waals surface area contributed by atoms with Crippen molar-refractivity contribution in [3.8, 4) is 56.7 Å². The average molecular weight is 906 g/mol. The standard InChI is InChI=1S/C65H39N5O/c1-3-16-40(17-4-1)42-21-15-22-45(34-42)63-66-64(46-31-32-55-52(36-46)50-26-11-13-28-54(50)69(55)48-23-5-2-6-24-48)68-65(67-63)47-38-58(62-51-27-12-14-29-59(51)71-60(62)39-47)70-56-33-30-41-18-9-10-25-49(41)61(56)53-35-43-19-7-8-20-44(43)37-57(53)70/h1-39H. The molecule has 0 spiro atoms. The maximum absolute atomic E-state index is 6.85. The quantitative estimate of drug-likeness (QED) is 0.167. The Balaban J connectivity index is 1.02. The molecule has 0 radical (unpaired) electrons. The summed E-state index contributed by atoms with van der Waals surface area (Å²) >= 11 is 0. The Morgan fingerprint density at radius 3 is 1.70 bits per heavy atom. The van der Waals surface area contributed by atoms with E-state index in [2.05, 4.69) is 234 Å². The van der Waals surface area contributed by atoms with Gasteiger partial charge in [-0.15, -0.1) is 0 Å². The maximum Gasteiger partial charge on any atom is 0.164 e. The van der Waals surface area contributed by atoms with Gasteiger partial charge in [-0.1, -0.05) is 158 Å². The molecule has 15 aromatic rings. The number of rotatable bonds is 6. The SMILES string of the molecule is c1ccc(-c2cccc(-c3nc(-c4cc(-n5c6cc7ccccc7cc6c6c7ccccc7ccc65)c5c(c4)oc4ccccc45)nc(-c4ccc5c(c4)c4ccccc4n5-c4ccccc4)n3)c2)cc1. The van der Waals surface area contributed by atoms with Crippen LogP contribution in [0.25, 0.3) is 144 Å². The van der Waals surface area contributed by atoms with Gasteiger partial charge in [-0.2, -0.15) is 0 Å². The van der Waals surface area contributed by atoms with Gasteiger partial charge in [0.25, 0.3) is 0 Å². The fourth-order valence-corrected chi connectivity index (χ4v) is 11.1. The number of nitrogens with zero attached hydrogens (tertiary/aromatic N) is 5. The highest BCUT2D eigenvalue weighted by Gasteiger charge is 2.23. The fourth-order valence-electron chi connectivity index (χ4n) is 11.1. The van der Waals surface area contributed by atoms with E-state index in [1.54, 1.807) is 0 Å². The highest BCUT2D eigenvalue weighted by Crippen LogP contribution is 2.44. The van der Waals surface area contributed by atoms with E-state index in [1.807, 2.05) is 12.1 Å². The van der Waals surface area contributed by atoms with E-state index < -0.39 is 0 Å². The van der Waals surface area contributed by atoms with Gasteiger partial charge in [0, 0.05) is 49.3 Å². The van der Waals surface area contributed by atoms with E-state index >= 15 is 0 Å². The van der Waals surface area contributed by atoms with Crippen LogP contribution in [0.4, 0.5) is 0 Å². The van der Waals surface area contributed by atoms with Crippen LogP contribution in [0.3, 0.4) is 0 Å². The molecule has 0 fully saturated rings. The third-order valence-electron chi connectivity index (χ3n) is 14.3. The van der Waals surface area contributed by atoms with Crippen LogP contribution in [0.15, 0.2) is 241 Å². The Bertz CT molecular complexity index is 4640. The van der Waals surface area contributed by atoms with Gasteiger partial charge < -0.3 is 13.6 Å². The summed E-state index contributed by atoms with van der Waals surface area (Å²) in [6.07, 6.45) is 0. The fraction of sp³-hybridized carbons (Fsp3) is 0. The van der Waals surface area contributed by atoms with Gasteiger partial charge >= 0.3 is 0 Å². The van der Waals surface area contributed by atoms with E-state index in [-0.39, 0.29) is 0 Å². The highest BCUT2D eigenvalue weighted by molar-refractivity contribution is 6.24. The molecule has 0 aliphatic carbocycles. The molecule has 0 N–H and O–H groups in total. The van der Waals surface area contributed by atoms with Gasteiger partial charge in [0.1, 0.15) is 11.2 Å². The molecule has 0 aliphatic rings. The van der Waals surface area contributed by atoms with E-state index in [4.69, 9.17) is 19.4 Å². The molecule has 0 saturated carbocycles. The van der Waals surface area contributed by atoms with Crippen LogP contribution in [0.2, 0.25) is 0 Å². The first-order valence-corrected chi connectivity index (χ1v) is 24.0. The molecule has 0 atom stereocenters.